The van der Waals surface area contributed by atoms with Crippen molar-refractivity contribution in [3.63, 3.8) is 0 Å². The van der Waals surface area contributed by atoms with Crippen molar-refractivity contribution in [2.24, 2.45) is 0 Å². The van der Waals surface area contributed by atoms with Gasteiger partial charge in [0.05, 0.1) is 19.6 Å². The molecular formula is C23H24N6O2S. The van der Waals surface area contributed by atoms with Crippen molar-refractivity contribution in [1.29, 1.82) is 5.41 Å². The highest BCUT2D eigenvalue weighted by molar-refractivity contribution is 7.99. The van der Waals surface area contributed by atoms with E-state index in [-0.39, 0.29) is 0 Å². The summed E-state index contributed by atoms with van der Waals surface area (Å²) >= 11 is 1.48. The zero-order valence-electron chi connectivity index (χ0n) is 18.1. The molecule has 0 spiro atoms. The van der Waals surface area contributed by atoms with Crippen LogP contribution in [0.25, 0.3) is 16.7 Å². The number of aryl methyl sites for hydroxylation is 1. The van der Waals surface area contributed by atoms with Crippen LogP contribution in [0.5, 0.6) is 11.5 Å². The lowest BCUT2D eigenvalue weighted by Gasteiger charge is -2.15. The first kappa shape index (κ1) is 21.5. The predicted octanol–water partition coefficient (Wildman–Crippen LogP) is 4.27. The second kappa shape index (κ2) is 9.19. The summed E-state index contributed by atoms with van der Waals surface area (Å²) in [5, 5.41) is 20.7. The van der Waals surface area contributed by atoms with Gasteiger partial charge in [-0.15, -0.1) is 0 Å². The van der Waals surface area contributed by atoms with Crippen LogP contribution in [0, 0.1) is 12.3 Å². The van der Waals surface area contributed by atoms with Crippen molar-refractivity contribution in [3.05, 3.63) is 72.0 Å². The lowest BCUT2D eigenvalue weighted by molar-refractivity contribution is 0.414. The monoisotopic (exact) mass is 448 g/mol. The molecule has 3 N–H and O–H groups in total. The average Bonchev–Trinajstić information content (AvgIpc) is 3.18. The highest BCUT2D eigenvalue weighted by Crippen LogP contribution is 2.25. The summed E-state index contributed by atoms with van der Waals surface area (Å²) in [5.74, 6) is 2.07. The Kier molecular flexibility index (Phi) is 6.18. The van der Waals surface area contributed by atoms with Crippen molar-refractivity contribution < 1.29 is 9.47 Å². The summed E-state index contributed by atoms with van der Waals surface area (Å²) in [7, 11) is 3.27. The summed E-state index contributed by atoms with van der Waals surface area (Å²) < 4.78 is 12.4. The van der Waals surface area contributed by atoms with Gasteiger partial charge in [0, 0.05) is 34.6 Å². The van der Waals surface area contributed by atoms with E-state index in [4.69, 9.17) is 19.9 Å². The van der Waals surface area contributed by atoms with Crippen molar-refractivity contribution in [2.75, 3.05) is 25.3 Å². The van der Waals surface area contributed by atoms with Crippen LogP contribution < -0.4 is 20.3 Å². The summed E-state index contributed by atoms with van der Waals surface area (Å²) in [5.41, 5.74) is 4.16. The number of H-pyrrole nitrogens is 1. The molecule has 0 aliphatic rings. The Labute approximate surface area is 189 Å². The summed E-state index contributed by atoms with van der Waals surface area (Å²) in [6.45, 7) is 6.03. The highest BCUT2D eigenvalue weighted by Gasteiger charge is 2.15. The van der Waals surface area contributed by atoms with E-state index in [0.717, 1.165) is 34.3 Å². The van der Waals surface area contributed by atoms with Crippen LogP contribution in [0.3, 0.4) is 0 Å². The molecule has 164 valence electrons. The molecule has 2 aromatic heterocycles. The van der Waals surface area contributed by atoms with Gasteiger partial charge in [-0.25, -0.2) is 4.98 Å². The largest absolute Gasteiger partial charge is 0.497 e. The van der Waals surface area contributed by atoms with Crippen LogP contribution in [-0.2, 0) is 0 Å². The number of benzene rings is 2. The standard InChI is InChI=1S/C23H24N6O2S/c1-14(25-16-6-5-7-19(12-16)31-4)13-32-23-26-22-20(15(2)27-28-22)21(24)29(23)17-8-10-18(30-3)11-9-17/h5-12,24-25H,1,13H2,2-4H3,(H,27,28). The first-order valence-electron chi connectivity index (χ1n) is 9.88. The number of fused-ring (bicyclic) bond motifs is 1. The molecule has 0 unspecified atom stereocenters. The van der Waals surface area contributed by atoms with Gasteiger partial charge in [-0.3, -0.25) is 15.1 Å². The van der Waals surface area contributed by atoms with Crippen LogP contribution >= 0.6 is 11.8 Å². The number of thioether (sulfide) groups is 1. The van der Waals surface area contributed by atoms with Gasteiger partial charge in [-0.05, 0) is 43.3 Å². The SMILES string of the molecule is C=C(CSc1nc2n[nH]c(C)c2c(=N)n1-c1ccc(OC)cc1)Nc1cccc(OC)c1. The summed E-state index contributed by atoms with van der Waals surface area (Å²) in [6, 6.07) is 15.2. The minimum atomic E-state index is 0.320. The number of nitrogens with one attached hydrogen (secondary N) is 3. The molecule has 2 heterocycles. The van der Waals surface area contributed by atoms with Crippen molar-refractivity contribution in [2.45, 2.75) is 12.1 Å². The van der Waals surface area contributed by atoms with Crippen LogP contribution in [0.2, 0.25) is 0 Å². The van der Waals surface area contributed by atoms with Crippen molar-refractivity contribution in [3.8, 4) is 17.2 Å². The maximum absolute atomic E-state index is 8.85. The third kappa shape index (κ3) is 4.33. The number of hydrogen-bond acceptors (Lipinski definition) is 7. The van der Waals surface area contributed by atoms with Gasteiger partial charge in [0.25, 0.3) is 0 Å². The van der Waals surface area contributed by atoms with Crippen LogP contribution in [0.4, 0.5) is 5.69 Å². The van der Waals surface area contributed by atoms with Crippen molar-refractivity contribution in [1.82, 2.24) is 19.7 Å². The van der Waals surface area contributed by atoms with E-state index in [1.807, 2.05) is 60.0 Å². The lowest BCUT2D eigenvalue weighted by Crippen LogP contribution is -2.22. The molecule has 0 amide bonds. The topological polar surface area (TPSA) is 101 Å². The third-order valence-electron chi connectivity index (χ3n) is 4.88. The Morgan fingerprint density at radius 2 is 1.91 bits per heavy atom. The number of aromatic nitrogens is 4. The molecule has 0 aliphatic carbocycles. The Hall–Kier alpha value is -3.72. The van der Waals surface area contributed by atoms with Gasteiger partial charge in [-0.1, -0.05) is 24.4 Å². The number of ether oxygens (including phenoxy) is 2. The third-order valence-corrected chi connectivity index (χ3v) is 5.90. The van der Waals surface area contributed by atoms with Gasteiger partial charge < -0.3 is 14.8 Å². The second-order valence-electron chi connectivity index (χ2n) is 7.07. The Morgan fingerprint density at radius 1 is 1.16 bits per heavy atom. The van der Waals surface area contributed by atoms with E-state index >= 15 is 0 Å². The first-order chi connectivity index (χ1) is 15.5. The fraction of sp³-hybridized carbons (Fsp3) is 0.174. The number of hydrogen-bond donors (Lipinski definition) is 3. The molecule has 0 radical (unpaired) electrons. The molecule has 4 rings (SSSR count). The maximum atomic E-state index is 8.85. The average molecular weight is 449 g/mol. The molecule has 4 aromatic rings. The highest BCUT2D eigenvalue weighted by atomic mass is 32.2. The molecule has 0 bridgehead atoms. The fourth-order valence-corrected chi connectivity index (χ4v) is 4.14. The van der Waals surface area contributed by atoms with E-state index < -0.39 is 0 Å². The maximum Gasteiger partial charge on any atom is 0.187 e. The molecule has 0 aliphatic heterocycles. The minimum Gasteiger partial charge on any atom is -0.497 e. The molecule has 0 fully saturated rings. The van der Waals surface area contributed by atoms with E-state index in [1.54, 1.807) is 14.2 Å². The van der Waals surface area contributed by atoms with Gasteiger partial charge in [0.2, 0.25) is 0 Å². The summed E-state index contributed by atoms with van der Waals surface area (Å²) in [6.07, 6.45) is 0. The second-order valence-corrected chi connectivity index (χ2v) is 8.02. The number of nitrogens with zero attached hydrogens (tertiary/aromatic N) is 3. The Morgan fingerprint density at radius 3 is 2.62 bits per heavy atom. The molecule has 0 saturated heterocycles. The van der Waals surface area contributed by atoms with Crippen LogP contribution in [-0.4, -0.2) is 39.7 Å². The van der Waals surface area contributed by atoms with Gasteiger partial charge >= 0.3 is 0 Å². The molecule has 0 saturated carbocycles. The number of aromatic amines is 1. The van der Waals surface area contributed by atoms with E-state index in [0.29, 0.717) is 27.4 Å². The van der Waals surface area contributed by atoms with Gasteiger partial charge in [0.15, 0.2) is 10.8 Å². The molecule has 2 aromatic carbocycles. The molecule has 8 nitrogen and oxygen atoms in total. The number of anilines is 1. The van der Waals surface area contributed by atoms with Gasteiger partial charge in [-0.2, -0.15) is 5.10 Å². The summed E-state index contributed by atoms with van der Waals surface area (Å²) in [4.78, 5) is 4.73. The molecule has 32 heavy (non-hydrogen) atoms. The smallest absolute Gasteiger partial charge is 0.187 e. The Balaban J connectivity index is 1.65. The normalized spacial score (nSPS) is 10.8. The van der Waals surface area contributed by atoms with E-state index in [1.165, 1.54) is 11.8 Å². The minimum absolute atomic E-state index is 0.320. The quantitative estimate of drug-likeness (QED) is 0.275. The number of rotatable bonds is 8. The molecule has 9 heteroatoms. The van der Waals surface area contributed by atoms with Crippen LogP contribution in [0.15, 0.2) is 66.0 Å². The van der Waals surface area contributed by atoms with Crippen LogP contribution in [0.1, 0.15) is 5.69 Å². The first-order valence-corrected chi connectivity index (χ1v) is 10.9. The van der Waals surface area contributed by atoms with E-state index in [9.17, 15) is 0 Å². The zero-order chi connectivity index (χ0) is 22.7. The van der Waals surface area contributed by atoms with Gasteiger partial charge in [0.1, 0.15) is 17.0 Å². The fourth-order valence-electron chi connectivity index (χ4n) is 3.29. The molecule has 0 atom stereocenters. The Bertz CT molecular complexity index is 1330. The van der Waals surface area contributed by atoms with E-state index in [2.05, 4.69) is 22.1 Å². The predicted molar refractivity (Wildman–Crippen MR) is 127 cm³/mol. The zero-order valence-corrected chi connectivity index (χ0v) is 18.9. The molecular weight excluding hydrogens is 424 g/mol. The lowest BCUT2D eigenvalue weighted by atomic mass is 10.2. The number of methoxy groups -OCH3 is 2. The van der Waals surface area contributed by atoms with Crippen molar-refractivity contribution >= 4 is 28.5 Å².